The van der Waals surface area contributed by atoms with Gasteiger partial charge in [0.2, 0.25) is 0 Å². The molecule has 1 N–H and O–H groups in total. The van der Waals surface area contributed by atoms with Gasteiger partial charge in [-0.05, 0) is 55.5 Å². The maximum absolute atomic E-state index is 5.71. The fourth-order valence-electron chi connectivity index (χ4n) is 3.51. The Hall–Kier alpha value is -2.66. The van der Waals surface area contributed by atoms with Gasteiger partial charge in [0.25, 0.3) is 0 Å². The Morgan fingerprint density at radius 3 is 2.56 bits per heavy atom. The molecule has 0 radical (unpaired) electrons. The molecule has 1 aliphatic heterocycles. The van der Waals surface area contributed by atoms with Gasteiger partial charge in [0.1, 0.15) is 6.04 Å². The Morgan fingerprint density at radius 2 is 1.84 bits per heavy atom. The molecule has 1 aromatic carbocycles. The van der Waals surface area contributed by atoms with E-state index in [1.54, 1.807) is 0 Å². The van der Waals surface area contributed by atoms with Crippen molar-refractivity contribution in [2.75, 3.05) is 4.90 Å². The lowest BCUT2D eigenvalue weighted by molar-refractivity contribution is 0.529. The summed E-state index contributed by atoms with van der Waals surface area (Å²) < 4.78 is 2.27. The third kappa shape index (κ3) is 2.81. The molecule has 1 saturated heterocycles. The monoisotopic (exact) mass is 348 g/mol. The lowest BCUT2D eigenvalue weighted by atomic mass is 10.0. The number of nitrogens with one attached hydrogen (secondary N) is 1. The average Bonchev–Trinajstić information content (AvgIpc) is 3.26. The Kier molecular flexibility index (Phi) is 4.24. The molecule has 0 bridgehead atoms. The van der Waals surface area contributed by atoms with E-state index in [-0.39, 0.29) is 12.1 Å². The summed E-state index contributed by atoms with van der Waals surface area (Å²) in [5.41, 5.74) is 3.32. The summed E-state index contributed by atoms with van der Waals surface area (Å²) in [6, 6.07) is 20.7. The van der Waals surface area contributed by atoms with Crippen molar-refractivity contribution >= 4 is 23.0 Å². The van der Waals surface area contributed by atoms with Gasteiger partial charge in [-0.3, -0.25) is 4.98 Å². The third-order valence-electron chi connectivity index (χ3n) is 4.64. The van der Waals surface area contributed by atoms with Gasteiger partial charge in [-0.25, -0.2) is 0 Å². The van der Waals surface area contributed by atoms with Crippen molar-refractivity contribution in [1.82, 2.24) is 14.9 Å². The Balaban J connectivity index is 1.85. The van der Waals surface area contributed by atoms with Crippen LogP contribution in [0.3, 0.4) is 0 Å². The molecule has 1 aliphatic rings. The molecule has 0 amide bonds. The molecule has 3 aromatic rings. The van der Waals surface area contributed by atoms with Gasteiger partial charge in [-0.15, -0.1) is 0 Å². The quantitative estimate of drug-likeness (QED) is 0.720. The van der Waals surface area contributed by atoms with Crippen LogP contribution in [0.15, 0.2) is 73.1 Å². The van der Waals surface area contributed by atoms with E-state index in [0.29, 0.717) is 0 Å². The van der Waals surface area contributed by atoms with E-state index in [0.717, 1.165) is 23.0 Å². The van der Waals surface area contributed by atoms with Crippen molar-refractivity contribution in [2.45, 2.75) is 25.6 Å². The zero-order valence-corrected chi connectivity index (χ0v) is 14.9. The van der Waals surface area contributed by atoms with E-state index < -0.39 is 0 Å². The largest absolute Gasteiger partial charge is 0.351 e. The number of anilines is 1. The molecule has 1 fully saturated rings. The zero-order valence-electron chi connectivity index (χ0n) is 14.0. The van der Waals surface area contributed by atoms with Crippen LogP contribution in [0.4, 0.5) is 5.69 Å². The van der Waals surface area contributed by atoms with Crippen LogP contribution in [0.1, 0.15) is 30.4 Å². The van der Waals surface area contributed by atoms with E-state index in [2.05, 4.69) is 63.2 Å². The summed E-state index contributed by atoms with van der Waals surface area (Å²) in [6.07, 6.45) is 3.95. The Morgan fingerprint density at radius 1 is 1.04 bits per heavy atom. The first kappa shape index (κ1) is 15.8. The highest BCUT2D eigenvalue weighted by atomic mass is 32.1. The van der Waals surface area contributed by atoms with E-state index in [1.807, 2.05) is 36.5 Å². The number of para-hydroxylation sites is 1. The number of aryl methyl sites for hydroxylation is 1. The van der Waals surface area contributed by atoms with Crippen molar-refractivity contribution in [2.24, 2.45) is 0 Å². The van der Waals surface area contributed by atoms with Crippen LogP contribution in [0.2, 0.25) is 0 Å². The Bertz CT molecular complexity index is 860. The SMILES string of the molecule is CCn1cccc1C1C(c2ccccn2)NC(=S)N1c1ccccc1. The first-order valence-corrected chi connectivity index (χ1v) is 8.91. The standard InChI is InChI=1S/C20H20N4S/c1-2-23-14-8-12-17(23)19-18(16-11-6-7-13-21-16)22-20(25)24(19)15-9-4-3-5-10-15/h3-14,18-19H,2H2,1H3,(H,22,25). The van der Waals surface area contributed by atoms with Crippen LogP contribution in [-0.4, -0.2) is 14.7 Å². The maximum Gasteiger partial charge on any atom is 0.174 e. The molecular formula is C20H20N4S. The molecule has 5 heteroatoms. The summed E-state index contributed by atoms with van der Waals surface area (Å²) in [6.45, 7) is 3.08. The number of nitrogens with zero attached hydrogens (tertiary/aromatic N) is 3. The van der Waals surface area contributed by atoms with Gasteiger partial charge < -0.3 is 14.8 Å². The van der Waals surface area contributed by atoms with E-state index in [9.17, 15) is 0 Å². The van der Waals surface area contributed by atoms with Crippen LogP contribution in [0.25, 0.3) is 0 Å². The lowest BCUT2D eigenvalue weighted by Gasteiger charge is -2.28. The predicted molar refractivity (Wildman–Crippen MR) is 104 cm³/mol. The highest BCUT2D eigenvalue weighted by Gasteiger charge is 2.41. The van der Waals surface area contributed by atoms with Crippen molar-refractivity contribution in [3.8, 4) is 0 Å². The number of pyridine rings is 1. The third-order valence-corrected chi connectivity index (χ3v) is 4.96. The summed E-state index contributed by atoms with van der Waals surface area (Å²) >= 11 is 5.71. The molecule has 0 aliphatic carbocycles. The van der Waals surface area contributed by atoms with Crippen LogP contribution >= 0.6 is 12.2 Å². The molecule has 2 unspecified atom stereocenters. The Labute approximate surface area is 153 Å². The molecule has 126 valence electrons. The topological polar surface area (TPSA) is 33.1 Å². The maximum atomic E-state index is 5.71. The second-order valence-corrected chi connectivity index (χ2v) is 6.44. The minimum atomic E-state index is 0.00843. The average molecular weight is 348 g/mol. The molecule has 0 spiro atoms. The van der Waals surface area contributed by atoms with Gasteiger partial charge in [-0.2, -0.15) is 0 Å². The van der Waals surface area contributed by atoms with Crippen molar-refractivity contribution in [3.05, 3.63) is 84.4 Å². The number of hydrogen-bond donors (Lipinski definition) is 1. The van der Waals surface area contributed by atoms with Crippen LogP contribution in [0.5, 0.6) is 0 Å². The minimum absolute atomic E-state index is 0.00843. The molecular weight excluding hydrogens is 328 g/mol. The fourth-order valence-corrected chi connectivity index (χ4v) is 3.85. The molecule has 4 nitrogen and oxygen atoms in total. The van der Waals surface area contributed by atoms with Crippen LogP contribution < -0.4 is 10.2 Å². The molecule has 25 heavy (non-hydrogen) atoms. The minimum Gasteiger partial charge on any atom is -0.351 e. The second kappa shape index (κ2) is 6.69. The molecule has 2 atom stereocenters. The summed E-state index contributed by atoms with van der Waals surface area (Å²) in [5, 5.41) is 4.22. The molecule has 2 aromatic heterocycles. The second-order valence-electron chi connectivity index (χ2n) is 6.05. The zero-order chi connectivity index (χ0) is 17.2. The van der Waals surface area contributed by atoms with E-state index in [4.69, 9.17) is 12.2 Å². The number of thiocarbonyl (C=S) groups is 1. The number of hydrogen-bond acceptors (Lipinski definition) is 2. The van der Waals surface area contributed by atoms with Crippen LogP contribution in [0, 0.1) is 0 Å². The number of rotatable bonds is 4. The van der Waals surface area contributed by atoms with Gasteiger partial charge in [-0.1, -0.05) is 24.3 Å². The van der Waals surface area contributed by atoms with Crippen molar-refractivity contribution in [1.29, 1.82) is 0 Å². The lowest BCUT2D eigenvalue weighted by Crippen LogP contribution is -2.30. The highest BCUT2D eigenvalue weighted by molar-refractivity contribution is 7.80. The van der Waals surface area contributed by atoms with Crippen molar-refractivity contribution < 1.29 is 0 Å². The van der Waals surface area contributed by atoms with E-state index in [1.165, 1.54) is 5.69 Å². The fraction of sp³-hybridized carbons (Fsp3) is 0.200. The van der Waals surface area contributed by atoms with E-state index >= 15 is 0 Å². The smallest absolute Gasteiger partial charge is 0.174 e. The van der Waals surface area contributed by atoms with Gasteiger partial charge >= 0.3 is 0 Å². The van der Waals surface area contributed by atoms with Crippen LogP contribution in [-0.2, 0) is 6.54 Å². The number of benzene rings is 1. The summed E-state index contributed by atoms with van der Waals surface area (Å²) in [5.74, 6) is 0. The first-order valence-electron chi connectivity index (χ1n) is 8.50. The normalized spacial score (nSPS) is 19.9. The first-order chi connectivity index (χ1) is 12.3. The van der Waals surface area contributed by atoms with Gasteiger partial charge in [0.05, 0.1) is 11.7 Å². The molecule has 4 rings (SSSR count). The van der Waals surface area contributed by atoms with Gasteiger partial charge in [0, 0.05) is 30.3 Å². The highest BCUT2D eigenvalue weighted by Crippen LogP contribution is 2.41. The summed E-state index contributed by atoms with van der Waals surface area (Å²) in [4.78, 5) is 6.79. The summed E-state index contributed by atoms with van der Waals surface area (Å²) in [7, 11) is 0. The predicted octanol–water partition coefficient (Wildman–Crippen LogP) is 4.08. The molecule has 3 heterocycles. The van der Waals surface area contributed by atoms with Crippen molar-refractivity contribution in [3.63, 3.8) is 0 Å². The van der Waals surface area contributed by atoms with Gasteiger partial charge in [0.15, 0.2) is 5.11 Å². The number of aromatic nitrogens is 2. The molecule has 0 saturated carbocycles.